The maximum absolute atomic E-state index is 11.8. The molecule has 1 amide bonds. The van der Waals surface area contributed by atoms with E-state index in [1.165, 1.54) is 6.92 Å². The summed E-state index contributed by atoms with van der Waals surface area (Å²) in [5, 5.41) is 8.65. The molecular formula is C10H17NO5. The van der Waals surface area contributed by atoms with Crippen LogP contribution in [0.2, 0.25) is 0 Å². The van der Waals surface area contributed by atoms with Crippen LogP contribution in [-0.2, 0) is 19.1 Å². The number of hydrogen-bond acceptors (Lipinski definition) is 4. The lowest BCUT2D eigenvalue weighted by atomic mass is 10.3. The molecule has 0 aromatic heterocycles. The van der Waals surface area contributed by atoms with Gasteiger partial charge in [0, 0.05) is 13.1 Å². The number of nitrogens with zero attached hydrogens (tertiary/aromatic N) is 1. The summed E-state index contributed by atoms with van der Waals surface area (Å²) in [6.45, 7) is 5.09. The number of carbonyl (C=O) groups excluding carboxylic acids is 1. The predicted molar refractivity (Wildman–Crippen MR) is 55.0 cm³/mol. The van der Waals surface area contributed by atoms with E-state index in [2.05, 4.69) is 0 Å². The SMILES string of the molecule is CC(O[C@H](C)C(=O)O)C(=O)N1CCOCC1. The van der Waals surface area contributed by atoms with E-state index in [9.17, 15) is 9.59 Å². The summed E-state index contributed by atoms with van der Waals surface area (Å²) in [4.78, 5) is 24.0. The fraction of sp³-hybridized carbons (Fsp3) is 0.800. The van der Waals surface area contributed by atoms with Crippen LogP contribution in [0.1, 0.15) is 13.8 Å². The van der Waals surface area contributed by atoms with Gasteiger partial charge in [-0.2, -0.15) is 0 Å². The Morgan fingerprint density at radius 3 is 2.31 bits per heavy atom. The van der Waals surface area contributed by atoms with Crippen molar-refractivity contribution in [1.29, 1.82) is 0 Å². The van der Waals surface area contributed by atoms with Gasteiger partial charge < -0.3 is 19.5 Å². The molecule has 92 valence electrons. The summed E-state index contributed by atoms with van der Waals surface area (Å²) in [7, 11) is 0. The average molecular weight is 231 g/mol. The number of amides is 1. The molecule has 1 heterocycles. The van der Waals surface area contributed by atoms with Crippen LogP contribution >= 0.6 is 0 Å². The smallest absolute Gasteiger partial charge is 0.332 e. The minimum atomic E-state index is -1.07. The molecule has 1 aliphatic heterocycles. The van der Waals surface area contributed by atoms with Crippen LogP contribution in [0.5, 0.6) is 0 Å². The summed E-state index contributed by atoms with van der Waals surface area (Å²) < 4.78 is 10.2. The lowest BCUT2D eigenvalue weighted by Gasteiger charge is -2.29. The van der Waals surface area contributed by atoms with Crippen molar-refractivity contribution in [3.8, 4) is 0 Å². The van der Waals surface area contributed by atoms with Gasteiger partial charge >= 0.3 is 5.97 Å². The number of aliphatic carboxylic acids is 1. The normalized spacial score (nSPS) is 20.2. The predicted octanol–water partition coefficient (Wildman–Crippen LogP) is -0.277. The zero-order chi connectivity index (χ0) is 12.1. The van der Waals surface area contributed by atoms with E-state index in [0.29, 0.717) is 26.3 Å². The Morgan fingerprint density at radius 2 is 1.81 bits per heavy atom. The topological polar surface area (TPSA) is 76.1 Å². The molecule has 2 atom stereocenters. The molecule has 0 aromatic rings. The lowest BCUT2D eigenvalue weighted by molar-refractivity contribution is -0.161. The van der Waals surface area contributed by atoms with Crippen molar-refractivity contribution in [2.24, 2.45) is 0 Å². The summed E-state index contributed by atoms with van der Waals surface area (Å²) >= 11 is 0. The molecule has 6 heteroatoms. The third kappa shape index (κ3) is 3.46. The first-order chi connectivity index (χ1) is 7.52. The first-order valence-corrected chi connectivity index (χ1v) is 5.27. The minimum absolute atomic E-state index is 0.184. The minimum Gasteiger partial charge on any atom is -0.479 e. The van der Waals surface area contributed by atoms with Crippen LogP contribution in [0.15, 0.2) is 0 Å². The van der Waals surface area contributed by atoms with Crippen molar-refractivity contribution in [3.63, 3.8) is 0 Å². The molecule has 1 saturated heterocycles. The average Bonchev–Trinajstić information content (AvgIpc) is 2.28. The van der Waals surface area contributed by atoms with Gasteiger partial charge in [-0.25, -0.2) is 4.79 Å². The number of hydrogen-bond donors (Lipinski definition) is 1. The Bertz CT molecular complexity index is 262. The second-order valence-corrected chi connectivity index (χ2v) is 3.70. The highest BCUT2D eigenvalue weighted by Crippen LogP contribution is 2.05. The lowest BCUT2D eigenvalue weighted by Crippen LogP contribution is -2.46. The number of carboxylic acids is 1. The molecule has 0 radical (unpaired) electrons. The van der Waals surface area contributed by atoms with Crippen molar-refractivity contribution in [1.82, 2.24) is 4.90 Å². The number of ether oxygens (including phenoxy) is 2. The number of morpholine rings is 1. The van der Waals surface area contributed by atoms with E-state index >= 15 is 0 Å². The first kappa shape index (κ1) is 12.9. The fourth-order valence-electron chi connectivity index (χ4n) is 1.46. The van der Waals surface area contributed by atoms with E-state index in [1.54, 1.807) is 11.8 Å². The van der Waals surface area contributed by atoms with Crippen molar-refractivity contribution in [2.75, 3.05) is 26.3 Å². The molecule has 6 nitrogen and oxygen atoms in total. The van der Waals surface area contributed by atoms with Gasteiger partial charge in [0.2, 0.25) is 0 Å². The third-order valence-electron chi connectivity index (χ3n) is 2.43. The Morgan fingerprint density at radius 1 is 1.25 bits per heavy atom. The summed E-state index contributed by atoms with van der Waals surface area (Å²) in [5.41, 5.74) is 0. The standard InChI is InChI=1S/C10H17NO5/c1-7(16-8(2)10(13)14)9(12)11-3-5-15-6-4-11/h7-8H,3-6H2,1-2H3,(H,13,14)/t7?,8-/m1/s1. The molecule has 1 unspecified atom stereocenters. The Labute approximate surface area is 94.1 Å². The van der Waals surface area contributed by atoms with Gasteiger partial charge in [0.05, 0.1) is 13.2 Å². The third-order valence-corrected chi connectivity index (χ3v) is 2.43. The van der Waals surface area contributed by atoms with E-state index < -0.39 is 18.2 Å². The largest absolute Gasteiger partial charge is 0.479 e. The van der Waals surface area contributed by atoms with Crippen LogP contribution in [0.25, 0.3) is 0 Å². The van der Waals surface area contributed by atoms with E-state index in [-0.39, 0.29) is 5.91 Å². The quantitative estimate of drug-likeness (QED) is 0.720. The van der Waals surface area contributed by atoms with Gasteiger partial charge in [-0.05, 0) is 13.8 Å². The van der Waals surface area contributed by atoms with Gasteiger partial charge in [0.15, 0.2) is 6.10 Å². The van der Waals surface area contributed by atoms with Crippen LogP contribution in [0.4, 0.5) is 0 Å². The monoisotopic (exact) mass is 231 g/mol. The van der Waals surface area contributed by atoms with Crippen LogP contribution in [0.3, 0.4) is 0 Å². The van der Waals surface area contributed by atoms with Gasteiger partial charge in [0.1, 0.15) is 6.10 Å². The second-order valence-electron chi connectivity index (χ2n) is 3.70. The highest BCUT2D eigenvalue weighted by atomic mass is 16.5. The summed E-state index contributed by atoms with van der Waals surface area (Å²) in [6, 6.07) is 0. The van der Waals surface area contributed by atoms with E-state index in [4.69, 9.17) is 14.6 Å². The van der Waals surface area contributed by atoms with Gasteiger partial charge in [-0.3, -0.25) is 4.79 Å². The van der Waals surface area contributed by atoms with Crippen LogP contribution in [0, 0.1) is 0 Å². The van der Waals surface area contributed by atoms with E-state index in [1.807, 2.05) is 0 Å². The Balaban J connectivity index is 2.43. The van der Waals surface area contributed by atoms with Crippen molar-refractivity contribution in [3.05, 3.63) is 0 Å². The van der Waals surface area contributed by atoms with Crippen molar-refractivity contribution < 1.29 is 24.2 Å². The number of carboxylic acid groups (broad SMARTS) is 1. The Kier molecular flexibility index (Phi) is 4.70. The van der Waals surface area contributed by atoms with E-state index in [0.717, 1.165) is 0 Å². The molecule has 0 bridgehead atoms. The molecule has 0 aliphatic carbocycles. The summed E-state index contributed by atoms with van der Waals surface area (Å²) in [6.07, 6.45) is -1.70. The highest BCUT2D eigenvalue weighted by molar-refractivity contribution is 5.81. The molecule has 0 spiro atoms. The summed E-state index contributed by atoms with van der Waals surface area (Å²) in [5.74, 6) is -1.25. The van der Waals surface area contributed by atoms with Crippen molar-refractivity contribution in [2.45, 2.75) is 26.1 Å². The maximum Gasteiger partial charge on any atom is 0.332 e. The van der Waals surface area contributed by atoms with Crippen molar-refractivity contribution >= 4 is 11.9 Å². The molecule has 1 aliphatic rings. The zero-order valence-corrected chi connectivity index (χ0v) is 9.51. The molecule has 1 N–H and O–H groups in total. The molecule has 1 fully saturated rings. The number of carbonyl (C=O) groups is 2. The molecular weight excluding hydrogens is 214 g/mol. The number of rotatable bonds is 4. The first-order valence-electron chi connectivity index (χ1n) is 5.27. The van der Waals surface area contributed by atoms with Gasteiger partial charge in [0.25, 0.3) is 5.91 Å². The second kappa shape index (κ2) is 5.81. The molecule has 0 saturated carbocycles. The molecule has 0 aromatic carbocycles. The molecule has 1 rings (SSSR count). The highest BCUT2D eigenvalue weighted by Gasteiger charge is 2.26. The fourth-order valence-corrected chi connectivity index (χ4v) is 1.46. The Hall–Kier alpha value is -1.14. The van der Waals surface area contributed by atoms with Gasteiger partial charge in [-0.1, -0.05) is 0 Å². The maximum atomic E-state index is 11.8. The van der Waals surface area contributed by atoms with Crippen LogP contribution < -0.4 is 0 Å². The zero-order valence-electron chi connectivity index (χ0n) is 9.51. The van der Waals surface area contributed by atoms with Gasteiger partial charge in [-0.15, -0.1) is 0 Å². The molecule has 16 heavy (non-hydrogen) atoms. The van der Waals surface area contributed by atoms with Crippen LogP contribution in [-0.4, -0.2) is 60.4 Å².